The fourth-order valence-electron chi connectivity index (χ4n) is 3.94. The van der Waals surface area contributed by atoms with Crippen LogP contribution in [0.25, 0.3) is 0 Å². The van der Waals surface area contributed by atoms with Crippen molar-refractivity contribution in [3.05, 3.63) is 71.8 Å². The topological polar surface area (TPSA) is 12.0 Å². The summed E-state index contributed by atoms with van der Waals surface area (Å²) in [5.41, 5.74) is 2.85. The third-order valence-electron chi connectivity index (χ3n) is 4.70. The first-order chi connectivity index (χ1) is 10.2. The highest BCUT2D eigenvalue weighted by Gasteiger charge is 2.46. The molecule has 2 heteroatoms. The Morgan fingerprint density at radius 1 is 0.952 bits per heavy atom. The van der Waals surface area contributed by atoms with Gasteiger partial charge in [-0.1, -0.05) is 60.7 Å². The summed E-state index contributed by atoms with van der Waals surface area (Å²) in [5, 5.41) is 3.32. The average molecular weight is 281 g/mol. The zero-order valence-electron chi connectivity index (χ0n) is 13.0. The van der Waals surface area contributed by atoms with Gasteiger partial charge >= 0.3 is 0 Å². The summed E-state index contributed by atoms with van der Waals surface area (Å²) in [6, 6.07) is 22.4. The van der Waals surface area contributed by atoms with Crippen molar-refractivity contribution in [3.8, 4) is 0 Å². The first-order valence-electron chi connectivity index (χ1n) is 7.81. The van der Waals surface area contributed by atoms with Gasteiger partial charge in [-0.15, -0.1) is 0 Å². The second kappa shape index (κ2) is 6.00. The number of benzene rings is 2. The van der Waals surface area contributed by atoms with Gasteiger partial charge in [0.2, 0.25) is 0 Å². The van der Waals surface area contributed by atoms with Crippen LogP contribution in [0.4, 0.5) is 0 Å². The first-order valence-corrected chi connectivity index (χ1v) is 7.81. The minimum Gasteiger partial charge on any atom is -0.319 e. The van der Waals surface area contributed by atoms with Crippen molar-refractivity contribution in [2.75, 3.05) is 33.7 Å². The molecule has 2 aromatic carbocycles. The van der Waals surface area contributed by atoms with Crippen molar-refractivity contribution in [3.63, 3.8) is 0 Å². The molecule has 0 aromatic heterocycles. The fourth-order valence-corrected chi connectivity index (χ4v) is 3.94. The van der Waals surface area contributed by atoms with Crippen molar-refractivity contribution in [1.82, 2.24) is 5.32 Å². The van der Waals surface area contributed by atoms with Crippen LogP contribution in [0.2, 0.25) is 0 Å². The molecule has 0 saturated carbocycles. The van der Waals surface area contributed by atoms with Gasteiger partial charge in [0.15, 0.2) is 0 Å². The van der Waals surface area contributed by atoms with E-state index in [1.54, 1.807) is 0 Å². The molecular weight excluding hydrogens is 256 g/mol. The Morgan fingerprint density at radius 3 is 1.86 bits per heavy atom. The molecule has 0 radical (unpaired) electrons. The molecule has 2 nitrogen and oxygen atoms in total. The van der Waals surface area contributed by atoms with Gasteiger partial charge in [-0.25, -0.2) is 0 Å². The summed E-state index contributed by atoms with van der Waals surface area (Å²) < 4.78 is 1.11. The molecule has 1 aliphatic heterocycles. The SMILES string of the molecule is CNCC1C[N+](C)(C(c2ccccc2)c2ccccc2)C1. The number of likely N-dealkylation sites (tertiary alicyclic amines) is 1. The molecule has 0 amide bonds. The maximum absolute atomic E-state index is 3.32. The summed E-state index contributed by atoms with van der Waals surface area (Å²) in [6.45, 7) is 3.62. The molecule has 2 aromatic rings. The predicted molar refractivity (Wildman–Crippen MR) is 88.1 cm³/mol. The third kappa shape index (κ3) is 2.87. The van der Waals surface area contributed by atoms with Crippen LogP contribution in [0.5, 0.6) is 0 Å². The molecule has 0 bridgehead atoms. The maximum Gasteiger partial charge on any atom is 0.140 e. The van der Waals surface area contributed by atoms with Crippen LogP contribution in [0.15, 0.2) is 60.7 Å². The van der Waals surface area contributed by atoms with Gasteiger partial charge < -0.3 is 9.80 Å². The summed E-state index contributed by atoms with van der Waals surface area (Å²) in [5.74, 6) is 0.801. The number of hydrogen-bond donors (Lipinski definition) is 1. The van der Waals surface area contributed by atoms with Crippen LogP contribution in [-0.2, 0) is 0 Å². The molecule has 1 N–H and O–H groups in total. The molecule has 21 heavy (non-hydrogen) atoms. The molecular formula is C19H25N2+. The summed E-state index contributed by atoms with van der Waals surface area (Å²) >= 11 is 0. The summed E-state index contributed by atoms with van der Waals surface area (Å²) in [6.07, 6.45) is 0. The lowest BCUT2D eigenvalue weighted by molar-refractivity contribution is -0.978. The average Bonchev–Trinajstić information content (AvgIpc) is 2.48. The standard InChI is InChI=1S/C19H25N2/c1-20-13-16-14-21(2,15-16)19(17-9-5-3-6-10-17)18-11-7-4-8-12-18/h3-12,16,19-20H,13-15H2,1-2H3/q+1. The lowest BCUT2D eigenvalue weighted by Crippen LogP contribution is -2.64. The molecule has 1 heterocycles. The van der Waals surface area contributed by atoms with E-state index < -0.39 is 0 Å². The molecule has 1 saturated heterocycles. The van der Waals surface area contributed by atoms with Crippen LogP contribution in [0.1, 0.15) is 17.2 Å². The Bertz CT molecular complexity index is 519. The van der Waals surface area contributed by atoms with Gasteiger partial charge in [-0.3, -0.25) is 0 Å². The Hall–Kier alpha value is -1.64. The highest BCUT2D eigenvalue weighted by Crippen LogP contribution is 2.40. The van der Waals surface area contributed by atoms with Gasteiger partial charge in [-0.2, -0.15) is 0 Å². The van der Waals surface area contributed by atoms with Gasteiger partial charge in [-0.05, 0) is 7.05 Å². The van der Waals surface area contributed by atoms with Crippen LogP contribution in [0.3, 0.4) is 0 Å². The van der Waals surface area contributed by atoms with Gasteiger partial charge in [0.05, 0.1) is 26.1 Å². The molecule has 0 unspecified atom stereocenters. The van der Waals surface area contributed by atoms with E-state index in [1.807, 2.05) is 0 Å². The van der Waals surface area contributed by atoms with Crippen molar-refractivity contribution in [2.24, 2.45) is 5.92 Å². The summed E-state index contributed by atoms with van der Waals surface area (Å²) in [7, 11) is 4.45. The van der Waals surface area contributed by atoms with E-state index >= 15 is 0 Å². The van der Waals surface area contributed by atoms with E-state index in [9.17, 15) is 0 Å². The second-order valence-corrected chi connectivity index (χ2v) is 6.49. The molecule has 0 atom stereocenters. The molecule has 1 aliphatic rings. The van der Waals surface area contributed by atoms with E-state index in [4.69, 9.17) is 0 Å². The van der Waals surface area contributed by atoms with Crippen molar-refractivity contribution in [2.45, 2.75) is 6.04 Å². The minimum absolute atomic E-state index is 0.445. The number of hydrogen-bond acceptors (Lipinski definition) is 1. The number of rotatable bonds is 5. The van der Waals surface area contributed by atoms with E-state index in [0.29, 0.717) is 6.04 Å². The number of nitrogens with one attached hydrogen (secondary N) is 1. The molecule has 0 spiro atoms. The van der Waals surface area contributed by atoms with Crippen molar-refractivity contribution >= 4 is 0 Å². The Balaban J connectivity index is 1.91. The quantitative estimate of drug-likeness (QED) is 0.831. The predicted octanol–water partition coefficient (Wildman–Crippen LogP) is 3.07. The molecule has 1 fully saturated rings. The van der Waals surface area contributed by atoms with Gasteiger partial charge in [0.1, 0.15) is 6.04 Å². The zero-order valence-corrected chi connectivity index (χ0v) is 13.0. The Morgan fingerprint density at radius 2 is 1.43 bits per heavy atom. The van der Waals surface area contributed by atoms with Crippen molar-refractivity contribution < 1.29 is 4.48 Å². The van der Waals surface area contributed by atoms with Crippen LogP contribution in [-0.4, -0.2) is 38.2 Å². The molecule has 3 rings (SSSR count). The largest absolute Gasteiger partial charge is 0.319 e. The maximum atomic E-state index is 3.32. The van der Waals surface area contributed by atoms with Gasteiger partial charge in [0, 0.05) is 17.7 Å². The fraction of sp³-hybridized carbons (Fsp3) is 0.368. The van der Waals surface area contributed by atoms with Crippen LogP contribution in [0, 0.1) is 5.92 Å². The third-order valence-corrected chi connectivity index (χ3v) is 4.70. The highest BCUT2D eigenvalue weighted by atomic mass is 15.4. The Labute approximate surface area is 128 Å². The lowest BCUT2D eigenvalue weighted by atomic mass is 9.87. The smallest absolute Gasteiger partial charge is 0.140 e. The normalized spacial score (nSPS) is 24.8. The molecule has 110 valence electrons. The molecule has 0 aliphatic carbocycles. The first kappa shape index (κ1) is 14.3. The summed E-state index contributed by atoms with van der Waals surface area (Å²) in [4.78, 5) is 0. The zero-order chi connectivity index (χ0) is 14.7. The highest BCUT2D eigenvalue weighted by molar-refractivity contribution is 5.30. The van der Waals surface area contributed by atoms with E-state index in [2.05, 4.69) is 80.1 Å². The van der Waals surface area contributed by atoms with Crippen LogP contribution < -0.4 is 5.32 Å². The van der Waals surface area contributed by atoms with Crippen molar-refractivity contribution in [1.29, 1.82) is 0 Å². The number of nitrogens with zero attached hydrogens (tertiary/aromatic N) is 1. The number of quaternary nitrogens is 1. The second-order valence-electron chi connectivity index (χ2n) is 6.49. The monoisotopic (exact) mass is 281 g/mol. The lowest BCUT2D eigenvalue weighted by Gasteiger charge is -2.52. The van der Waals surface area contributed by atoms with E-state index in [-0.39, 0.29) is 0 Å². The minimum atomic E-state index is 0.445. The van der Waals surface area contributed by atoms with Gasteiger partial charge in [0.25, 0.3) is 0 Å². The van der Waals surface area contributed by atoms with E-state index in [0.717, 1.165) is 16.9 Å². The Kier molecular flexibility index (Phi) is 4.09. The van der Waals surface area contributed by atoms with Crippen LogP contribution >= 0.6 is 0 Å². The van der Waals surface area contributed by atoms with E-state index in [1.165, 1.54) is 24.2 Å².